The first kappa shape index (κ1) is 16.4. The quantitative estimate of drug-likeness (QED) is 0.752. The number of carbonyl (C=O) groups is 1. The number of amides is 1. The minimum absolute atomic E-state index is 0.0921. The van der Waals surface area contributed by atoms with Gasteiger partial charge in [-0.1, -0.05) is 0 Å². The van der Waals surface area contributed by atoms with Crippen LogP contribution in [0.25, 0.3) is 0 Å². The molecule has 0 spiro atoms. The zero-order valence-corrected chi connectivity index (χ0v) is 13.9. The zero-order valence-electron chi connectivity index (χ0n) is 13.0. The van der Waals surface area contributed by atoms with E-state index in [1.165, 1.54) is 18.9 Å². The highest BCUT2D eigenvalue weighted by molar-refractivity contribution is 7.89. The Labute approximate surface area is 136 Å². The summed E-state index contributed by atoms with van der Waals surface area (Å²) in [7, 11) is -3.44. The van der Waals surface area contributed by atoms with E-state index in [4.69, 9.17) is 5.73 Å². The van der Waals surface area contributed by atoms with Crippen LogP contribution in [0.5, 0.6) is 0 Å². The summed E-state index contributed by atoms with van der Waals surface area (Å²) in [4.78, 5) is 11.4. The van der Waals surface area contributed by atoms with Crippen molar-refractivity contribution < 1.29 is 13.2 Å². The van der Waals surface area contributed by atoms with E-state index in [0.29, 0.717) is 18.2 Å². The topological polar surface area (TPSA) is 101 Å². The van der Waals surface area contributed by atoms with E-state index in [9.17, 15) is 13.2 Å². The average Bonchev–Trinajstić information content (AvgIpc) is 3.42. The third-order valence-corrected chi connectivity index (χ3v) is 5.72. The van der Waals surface area contributed by atoms with Crippen molar-refractivity contribution in [2.24, 2.45) is 17.6 Å². The van der Waals surface area contributed by atoms with Crippen LogP contribution in [0.15, 0.2) is 23.1 Å². The van der Waals surface area contributed by atoms with Gasteiger partial charge in [-0.3, -0.25) is 4.79 Å². The third kappa shape index (κ3) is 4.53. The lowest BCUT2D eigenvalue weighted by Crippen LogP contribution is -2.25. The summed E-state index contributed by atoms with van der Waals surface area (Å²) < 4.78 is 26.7. The molecule has 1 amide bonds. The Balaban J connectivity index is 0.000000267. The van der Waals surface area contributed by atoms with Crippen molar-refractivity contribution in [2.45, 2.75) is 37.0 Å². The van der Waals surface area contributed by atoms with E-state index in [2.05, 4.69) is 10.0 Å². The van der Waals surface area contributed by atoms with Gasteiger partial charge in [0.1, 0.15) is 0 Å². The second kappa shape index (κ2) is 6.59. The van der Waals surface area contributed by atoms with Crippen LogP contribution in [0.1, 0.15) is 31.2 Å². The highest BCUT2D eigenvalue weighted by Gasteiger charge is 2.25. The van der Waals surface area contributed by atoms with Gasteiger partial charge >= 0.3 is 0 Å². The lowest BCUT2D eigenvalue weighted by molar-refractivity contribution is -0.115. The molecule has 126 valence electrons. The molecule has 0 atom stereocenters. The maximum absolute atomic E-state index is 12.0. The fraction of sp³-hybridized carbons (Fsp3) is 0.562. The first-order valence-electron chi connectivity index (χ1n) is 8.10. The lowest BCUT2D eigenvalue weighted by Gasteiger charge is -2.07. The molecule has 3 aliphatic rings. The summed E-state index contributed by atoms with van der Waals surface area (Å²) in [6, 6.07) is 4.74. The Morgan fingerprint density at radius 2 is 1.87 bits per heavy atom. The van der Waals surface area contributed by atoms with Crippen LogP contribution in [0, 0.1) is 11.8 Å². The normalized spacial score (nSPS) is 19.6. The maximum Gasteiger partial charge on any atom is 0.240 e. The second-order valence-electron chi connectivity index (χ2n) is 6.52. The number of hydrogen-bond donors (Lipinski definition) is 3. The first-order valence-corrected chi connectivity index (χ1v) is 9.59. The van der Waals surface area contributed by atoms with Crippen LogP contribution >= 0.6 is 0 Å². The molecule has 2 aliphatic carbocycles. The van der Waals surface area contributed by atoms with Gasteiger partial charge in [-0.05, 0) is 67.8 Å². The number of carbonyl (C=O) groups excluding carboxylic acids is 1. The molecule has 0 unspecified atom stereocenters. The van der Waals surface area contributed by atoms with Gasteiger partial charge in [-0.15, -0.1) is 0 Å². The van der Waals surface area contributed by atoms with Crippen LogP contribution in [-0.2, 0) is 21.2 Å². The number of nitrogens with two attached hydrogens (primary N) is 1. The molecule has 2 saturated carbocycles. The zero-order chi connectivity index (χ0) is 16.4. The molecule has 7 heteroatoms. The van der Waals surface area contributed by atoms with Crippen molar-refractivity contribution >= 4 is 21.6 Å². The van der Waals surface area contributed by atoms with Crippen molar-refractivity contribution in [3.8, 4) is 0 Å². The fourth-order valence-corrected chi connectivity index (χ4v) is 3.53. The Hall–Kier alpha value is -1.44. The van der Waals surface area contributed by atoms with Gasteiger partial charge in [0.25, 0.3) is 0 Å². The van der Waals surface area contributed by atoms with Crippen LogP contribution in [0.3, 0.4) is 0 Å². The van der Waals surface area contributed by atoms with Crippen molar-refractivity contribution in [1.82, 2.24) is 4.72 Å². The highest BCUT2D eigenvalue weighted by atomic mass is 32.2. The minimum atomic E-state index is -3.44. The van der Waals surface area contributed by atoms with Gasteiger partial charge in [0.2, 0.25) is 15.9 Å². The molecule has 0 saturated heterocycles. The summed E-state index contributed by atoms with van der Waals surface area (Å²) in [6.07, 6.45) is 5.23. The van der Waals surface area contributed by atoms with Crippen molar-refractivity contribution in [2.75, 3.05) is 18.4 Å². The molecule has 1 aliphatic heterocycles. The van der Waals surface area contributed by atoms with Gasteiger partial charge in [0.05, 0.1) is 11.3 Å². The molecule has 23 heavy (non-hydrogen) atoms. The number of nitrogens with one attached hydrogen (secondary N) is 2. The molecule has 1 aromatic rings. The second-order valence-corrected chi connectivity index (χ2v) is 8.29. The lowest BCUT2D eigenvalue weighted by atomic mass is 10.2. The number of anilines is 1. The number of sulfonamides is 1. The van der Waals surface area contributed by atoms with Crippen LogP contribution < -0.4 is 15.8 Å². The molecule has 4 N–H and O–H groups in total. The largest absolute Gasteiger partial charge is 0.330 e. The van der Waals surface area contributed by atoms with Crippen molar-refractivity contribution in [3.63, 3.8) is 0 Å². The van der Waals surface area contributed by atoms with Gasteiger partial charge in [-0.25, -0.2) is 13.1 Å². The monoisotopic (exact) mass is 337 g/mol. The summed E-state index contributed by atoms with van der Waals surface area (Å²) in [5.74, 6) is 1.32. The Morgan fingerprint density at radius 3 is 2.43 bits per heavy atom. The Morgan fingerprint density at radius 1 is 1.17 bits per heavy atom. The molecular formula is C16H23N3O3S. The van der Waals surface area contributed by atoms with Crippen molar-refractivity contribution in [3.05, 3.63) is 23.8 Å². The summed E-state index contributed by atoms with van der Waals surface area (Å²) in [5, 5.41) is 2.68. The maximum atomic E-state index is 12.0. The van der Waals surface area contributed by atoms with E-state index in [1.54, 1.807) is 12.1 Å². The van der Waals surface area contributed by atoms with Crippen LogP contribution in [0.4, 0.5) is 5.69 Å². The standard InChI is InChI=1S/C12H14N2O3S.C4H9N/c15-12-6-9-5-10(3-4-11(9)14-12)18(16,17)13-7-8-1-2-8;5-3-4-1-2-4/h3-5,8,13H,1-2,6-7H2,(H,14,15);4H,1-3,5H2. The fourth-order valence-electron chi connectivity index (χ4n) is 2.36. The van der Waals surface area contributed by atoms with Crippen molar-refractivity contribution in [1.29, 1.82) is 0 Å². The number of benzene rings is 1. The van der Waals surface area contributed by atoms with E-state index < -0.39 is 10.0 Å². The summed E-state index contributed by atoms with van der Waals surface area (Å²) in [5.41, 5.74) is 6.69. The van der Waals surface area contributed by atoms with Gasteiger partial charge < -0.3 is 11.1 Å². The number of hydrogen-bond acceptors (Lipinski definition) is 4. The molecule has 1 aromatic carbocycles. The molecule has 0 bridgehead atoms. The summed E-state index contributed by atoms with van der Waals surface area (Å²) in [6.45, 7) is 1.43. The van der Waals surface area contributed by atoms with Crippen LogP contribution in [0.2, 0.25) is 0 Å². The van der Waals surface area contributed by atoms with E-state index in [-0.39, 0.29) is 17.2 Å². The average molecular weight is 337 g/mol. The van der Waals surface area contributed by atoms with E-state index in [0.717, 1.165) is 30.9 Å². The molecule has 0 radical (unpaired) electrons. The van der Waals surface area contributed by atoms with Gasteiger partial charge in [0, 0.05) is 12.2 Å². The number of rotatable bonds is 5. The smallest absolute Gasteiger partial charge is 0.240 e. The SMILES string of the molecule is NCC1CC1.O=C1Cc2cc(S(=O)(=O)NCC3CC3)ccc2N1. The molecule has 0 aromatic heterocycles. The van der Waals surface area contributed by atoms with E-state index in [1.807, 2.05) is 0 Å². The minimum Gasteiger partial charge on any atom is -0.330 e. The van der Waals surface area contributed by atoms with Gasteiger partial charge in [-0.2, -0.15) is 0 Å². The van der Waals surface area contributed by atoms with Crippen LogP contribution in [-0.4, -0.2) is 27.4 Å². The molecular weight excluding hydrogens is 314 g/mol. The molecule has 2 fully saturated rings. The Bertz CT molecular complexity index is 695. The highest BCUT2D eigenvalue weighted by Crippen LogP contribution is 2.29. The van der Waals surface area contributed by atoms with E-state index >= 15 is 0 Å². The Kier molecular flexibility index (Phi) is 4.70. The summed E-state index contributed by atoms with van der Waals surface area (Å²) >= 11 is 0. The molecule has 1 heterocycles. The molecule has 6 nitrogen and oxygen atoms in total. The predicted octanol–water partition coefficient (Wildman–Crippen LogP) is 1.22. The first-order chi connectivity index (χ1) is 11.0. The third-order valence-electron chi connectivity index (χ3n) is 4.30. The number of fused-ring (bicyclic) bond motifs is 1. The van der Waals surface area contributed by atoms with Gasteiger partial charge in [0.15, 0.2) is 0 Å². The predicted molar refractivity (Wildman–Crippen MR) is 88.5 cm³/mol. The molecule has 4 rings (SSSR count).